The monoisotopic (exact) mass is 492 g/mol. The van der Waals surface area contributed by atoms with E-state index in [9.17, 15) is 23.3 Å². The number of carbonyl (C=O) groups excluding carboxylic acids is 2. The van der Waals surface area contributed by atoms with Crippen molar-refractivity contribution in [1.29, 1.82) is 5.26 Å². The highest BCUT2D eigenvalue weighted by Crippen LogP contribution is 2.23. The van der Waals surface area contributed by atoms with Gasteiger partial charge in [-0.25, -0.2) is 13.1 Å². The first kappa shape index (κ1) is 24.3. The van der Waals surface area contributed by atoms with Gasteiger partial charge in [-0.1, -0.05) is 35.9 Å². The van der Waals surface area contributed by atoms with Crippen LogP contribution < -0.4 is 5.32 Å². The topological polar surface area (TPSA) is 138 Å². The molecule has 4 rings (SSSR count). The summed E-state index contributed by atoms with van der Waals surface area (Å²) in [5.74, 6) is -3.35. The summed E-state index contributed by atoms with van der Waals surface area (Å²) in [7, 11) is -3.71. The second-order valence-electron chi connectivity index (χ2n) is 8.18. The maximum Gasteiger partial charge on any atom is 0.249 e. The molecule has 10 nitrogen and oxygen atoms in total. The van der Waals surface area contributed by atoms with E-state index < -0.39 is 27.6 Å². The number of hydrogen-bond donors (Lipinski definition) is 1. The van der Waals surface area contributed by atoms with Crippen LogP contribution in [0.1, 0.15) is 35.4 Å². The first-order chi connectivity index (χ1) is 16.8. The molecule has 35 heavy (non-hydrogen) atoms. The fourth-order valence-corrected chi connectivity index (χ4v) is 5.51. The minimum absolute atomic E-state index is 0.0404. The molecule has 11 heteroatoms. The molecule has 0 saturated carbocycles. The molecule has 3 aromatic rings. The number of carbonyl (C=O) groups is 2. The van der Waals surface area contributed by atoms with Gasteiger partial charge in [0.05, 0.1) is 22.3 Å². The number of sulfonamides is 1. The van der Waals surface area contributed by atoms with Crippen LogP contribution in [0.3, 0.4) is 0 Å². The summed E-state index contributed by atoms with van der Waals surface area (Å²) in [4.78, 5) is 25.9. The zero-order valence-corrected chi connectivity index (χ0v) is 19.9. The number of ketones is 1. The number of nitriles is 1. The lowest BCUT2D eigenvalue weighted by Gasteiger charge is -2.26. The van der Waals surface area contributed by atoms with E-state index in [1.807, 2.05) is 18.2 Å². The third-order valence-electron chi connectivity index (χ3n) is 5.84. The van der Waals surface area contributed by atoms with Gasteiger partial charge < -0.3 is 5.32 Å². The lowest BCUT2D eigenvalue weighted by Crippen LogP contribution is -2.35. The molecular weight excluding hydrogens is 468 g/mol. The van der Waals surface area contributed by atoms with Crippen molar-refractivity contribution in [2.24, 2.45) is 5.92 Å². The Morgan fingerprint density at radius 1 is 1.06 bits per heavy atom. The largest absolute Gasteiger partial charge is 0.324 e. The number of hydrogen-bond acceptors (Lipinski definition) is 7. The van der Waals surface area contributed by atoms with Gasteiger partial charge in [0.1, 0.15) is 0 Å². The zero-order chi connectivity index (χ0) is 25.0. The van der Waals surface area contributed by atoms with E-state index in [4.69, 9.17) is 0 Å². The summed E-state index contributed by atoms with van der Waals surface area (Å²) in [6.07, 6.45) is 2.59. The predicted molar refractivity (Wildman–Crippen MR) is 127 cm³/mol. The molecule has 1 N–H and O–H groups in total. The average Bonchev–Trinajstić information content (AvgIpc) is 3.26. The standard InChI is InChI=1S/C24H24N6O4S/c1-17-22(27-28-30(17)19-10-4-2-5-11-19)23(31)21(16-25)24(32)26-18-9-8-12-20(15-18)35(33,34)29-13-6-3-7-14-29/h2,4-5,8-12,15,21H,3,6-7,13-14H2,1H3,(H,26,32). The Hall–Kier alpha value is -3.88. The zero-order valence-electron chi connectivity index (χ0n) is 19.1. The molecule has 1 aromatic heterocycles. The number of benzene rings is 2. The van der Waals surface area contributed by atoms with Gasteiger partial charge in [-0.3, -0.25) is 9.59 Å². The smallest absolute Gasteiger partial charge is 0.249 e. The van der Waals surface area contributed by atoms with E-state index in [0.717, 1.165) is 19.3 Å². The molecule has 1 amide bonds. The fourth-order valence-electron chi connectivity index (χ4n) is 3.95. The summed E-state index contributed by atoms with van der Waals surface area (Å²) in [5, 5.41) is 20.0. The highest BCUT2D eigenvalue weighted by Gasteiger charge is 2.32. The van der Waals surface area contributed by atoms with Crippen molar-refractivity contribution < 1.29 is 18.0 Å². The second kappa shape index (κ2) is 10.2. The van der Waals surface area contributed by atoms with E-state index in [1.54, 1.807) is 25.1 Å². The lowest BCUT2D eigenvalue weighted by molar-refractivity contribution is -0.117. The Bertz CT molecular complexity index is 1390. The summed E-state index contributed by atoms with van der Waals surface area (Å²) in [5.41, 5.74) is 1.16. The third-order valence-corrected chi connectivity index (χ3v) is 7.73. The van der Waals surface area contributed by atoms with Crippen LogP contribution in [0.15, 0.2) is 59.5 Å². The molecule has 1 aliphatic rings. The Kier molecular flexibility index (Phi) is 7.04. The molecule has 1 atom stereocenters. The number of amides is 1. The molecule has 0 radical (unpaired) electrons. The Morgan fingerprint density at radius 3 is 2.46 bits per heavy atom. The quantitative estimate of drug-likeness (QED) is 0.395. The van der Waals surface area contributed by atoms with Gasteiger partial charge in [-0.2, -0.15) is 9.57 Å². The van der Waals surface area contributed by atoms with Gasteiger partial charge in [0, 0.05) is 18.8 Å². The van der Waals surface area contributed by atoms with Gasteiger partial charge in [-0.05, 0) is 50.1 Å². The molecule has 0 aliphatic carbocycles. The van der Waals surface area contributed by atoms with Crippen LogP contribution in [0, 0.1) is 24.2 Å². The van der Waals surface area contributed by atoms with Crippen LogP contribution in [-0.2, 0) is 14.8 Å². The maximum absolute atomic E-state index is 13.0. The molecular formula is C24H24N6O4S. The summed E-state index contributed by atoms with van der Waals surface area (Å²) >= 11 is 0. The minimum atomic E-state index is -3.71. The number of Topliss-reactive ketones (excluding diaryl/α,β-unsaturated/α-hetero) is 1. The molecule has 0 bridgehead atoms. The SMILES string of the molecule is Cc1c(C(=O)C(C#N)C(=O)Nc2cccc(S(=O)(=O)N3CCCCC3)c2)nnn1-c1ccccc1. The molecule has 1 saturated heterocycles. The third kappa shape index (κ3) is 4.99. The number of aromatic nitrogens is 3. The van der Waals surface area contributed by atoms with Crippen LogP contribution in [0.5, 0.6) is 0 Å². The van der Waals surface area contributed by atoms with Crippen molar-refractivity contribution in [3.63, 3.8) is 0 Å². The van der Waals surface area contributed by atoms with Crippen LogP contribution in [-0.4, -0.2) is 52.5 Å². The van der Waals surface area contributed by atoms with Gasteiger partial charge >= 0.3 is 0 Å². The molecule has 1 aliphatic heterocycles. The van der Waals surface area contributed by atoms with Gasteiger partial charge in [0.25, 0.3) is 0 Å². The van der Waals surface area contributed by atoms with E-state index in [0.29, 0.717) is 24.5 Å². The molecule has 2 heterocycles. The maximum atomic E-state index is 13.0. The Balaban J connectivity index is 1.53. The van der Waals surface area contributed by atoms with Crippen molar-refractivity contribution in [1.82, 2.24) is 19.3 Å². The summed E-state index contributed by atoms with van der Waals surface area (Å²) in [6.45, 7) is 2.53. The van der Waals surface area contributed by atoms with E-state index in [-0.39, 0.29) is 16.3 Å². The minimum Gasteiger partial charge on any atom is -0.324 e. The highest BCUT2D eigenvalue weighted by molar-refractivity contribution is 7.89. The van der Waals surface area contributed by atoms with Gasteiger partial charge in [-0.15, -0.1) is 5.10 Å². The number of nitrogens with one attached hydrogen (secondary N) is 1. The molecule has 1 unspecified atom stereocenters. The van der Waals surface area contributed by atoms with Gasteiger partial charge in [0.15, 0.2) is 11.6 Å². The average molecular weight is 493 g/mol. The Morgan fingerprint density at radius 2 is 1.77 bits per heavy atom. The van der Waals surface area contributed by atoms with E-state index in [1.165, 1.54) is 33.3 Å². The number of rotatable bonds is 7. The van der Waals surface area contributed by atoms with E-state index in [2.05, 4.69) is 15.6 Å². The number of nitrogens with zero attached hydrogens (tertiary/aromatic N) is 5. The number of piperidine rings is 1. The van der Waals surface area contributed by atoms with Crippen molar-refractivity contribution >= 4 is 27.4 Å². The van der Waals surface area contributed by atoms with Gasteiger partial charge in [0.2, 0.25) is 21.7 Å². The number of anilines is 1. The van der Waals surface area contributed by atoms with Crippen molar-refractivity contribution in [3.8, 4) is 11.8 Å². The Labute approximate surface area is 203 Å². The first-order valence-electron chi connectivity index (χ1n) is 11.2. The molecule has 2 aromatic carbocycles. The molecule has 180 valence electrons. The molecule has 0 spiro atoms. The van der Waals surface area contributed by atoms with Crippen molar-refractivity contribution in [2.45, 2.75) is 31.1 Å². The van der Waals surface area contributed by atoms with Crippen LogP contribution >= 0.6 is 0 Å². The first-order valence-corrected chi connectivity index (χ1v) is 12.6. The summed E-state index contributed by atoms with van der Waals surface area (Å²) < 4.78 is 28.8. The molecule has 1 fully saturated rings. The summed E-state index contributed by atoms with van der Waals surface area (Å²) in [6, 6.07) is 16.6. The second-order valence-corrected chi connectivity index (χ2v) is 10.1. The number of para-hydroxylation sites is 1. The normalized spacial score (nSPS) is 15.2. The lowest BCUT2D eigenvalue weighted by atomic mass is 10.0. The highest BCUT2D eigenvalue weighted by atomic mass is 32.2. The fraction of sp³-hybridized carbons (Fsp3) is 0.292. The van der Waals surface area contributed by atoms with Crippen molar-refractivity contribution in [3.05, 3.63) is 66.0 Å². The van der Waals surface area contributed by atoms with Crippen LogP contribution in [0.25, 0.3) is 5.69 Å². The predicted octanol–water partition coefficient (Wildman–Crippen LogP) is 2.71. The van der Waals surface area contributed by atoms with E-state index >= 15 is 0 Å². The van der Waals surface area contributed by atoms with Crippen molar-refractivity contribution in [2.75, 3.05) is 18.4 Å². The van der Waals surface area contributed by atoms with Crippen LogP contribution in [0.4, 0.5) is 5.69 Å². The van der Waals surface area contributed by atoms with Crippen LogP contribution in [0.2, 0.25) is 0 Å².